The van der Waals surface area contributed by atoms with Crippen molar-refractivity contribution in [3.8, 4) is 17.0 Å². The zero-order valence-corrected chi connectivity index (χ0v) is 22.0. The van der Waals surface area contributed by atoms with E-state index in [-0.39, 0.29) is 0 Å². The molecule has 0 atom stereocenters. The molecule has 4 aromatic heterocycles. The smallest absolute Gasteiger partial charge is 0.247 e. The van der Waals surface area contributed by atoms with Gasteiger partial charge in [0.25, 0.3) is 0 Å². The molecule has 1 fully saturated rings. The molecule has 1 aromatic carbocycles. The standard InChI is InChI=1S/C28H31N7O2S/c1-2-13-33(12-1)14-17-37-24-10-8-23(9-11-24)30-28-31-27-7-3-6-26(35(27)32-28)22-19-29-34(20-22)15-18-38-21-25-5-4-16-36-25/h3-11,16,19-20H,1-2,12-15,17-18,21H2,(H,30,32). The molecule has 38 heavy (non-hydrogen) atoms. The number of anilines is 2. The summed E-state index contributed by atoms with van der Waals surface area (Å²) in [5.74, 6) is 4.23. The van der Waals surface area contributed by atoms with Crippen molar-refractivity contribution in [1.82, 2.24) is 29.3 Å². The van der Waals surface area contributed by atoms with E-state index in [1.807, 2.05) is 81.8 Å². The van der Waals surface area contributed by atoms with Gasteiger partial charge < -0.3 is 14.5 Å². The fraction of sp³-hybridized carbons (Fsp3) is 0.321. The average Bonchev–Trinajstić information content (AvgIpc) is 3.75. The summed E-state index contributed by atoms with van der Waals surface area (Å²) < 4.78 is 15.1. The largest absolute Gasteiger partial charge is 0.492 e. The SMILES string of the molecule is c1coc(CSCCn2cc(-c3cccc4nc(Nc5ccc(OCCN6CCCC6)cc5)nn34)cn2)c1. The highest BCUT2D eigenvalue weighted by Crippen LogP contribution is 2.23. The Hall–Kier alpha value is -3.76. The van der Waals surface area contributed by atoms with E-state index in [2.05, 4.69) is 26.5 Å². The van der Waals surface area contributed by atoms with Gasteiger partial charge in [0.2, 0.25) is 5.95 Å². The van der Waals surface area contributed by atoms with E-state index in [1.165, 1.54) is 25.9 Å². The summed E-state index contributed by atoms with van der Waals surface area (Å²) in [6.45, 7) is 4.90. The van der Waals surface area contributed by atoms with Gasteiger partial charge in [-0.05, 0) is 74.5 Å². The van der Waals surface area contributed by atoms with Crippen molar-refractivity contribution in [3.63, 3.8) is 0 Å². The van der Waals surface area contributed by atoms with Crippen molar-refractivity contribution in [2.75, 3.05) is 37.3 Å². The van der Waals surface area contributed by atoms with Crippen LogP contribution in [0, 0.1) is 0 Å². The number of hydrogen-bond acceptors (Lipinski definition) is 8. The van der Waals surface area contributed by atoms with Gasteiger partial charge in [0.15, 0.2) is 5.65 Å². The lowest BCUT2D eigenvalue weighted by atomic mass is 10.2. The Bertz CT molecular complexity index is 1440. The molecular formula is C28H31N7O2S. The summed E-state index contributed by atoms with van der Waals surface area (Å²) in [4.78, 5) is 7.12. The van der Waals surface area contributed by atoms with Crippen LogP contribution >= 0.6 is 11.8 Å². The number of fused-ring (bicyclic) bond motifs is 1. The Morgan fingerprint density at radius 2 is 1.89 bits per heavy atom. The molecule has 0 radical (unpaired) electrons. The van der Waals surface area contributed by atoms with Crippen LogP contribution in [0.25, 0.3) is 16.9 Å². The van der Waals surface area contributed by atoms with Crippen molar-refractivity contribution in [1.29, 1.82) is 0 Å². The maximum absolute atomic E-state index is 5.92. The van der Waals surface area contributed by atoms with Gasteiger partial charge in [0.05, 0.1) is 23.9 Å². The molecule has 9 nitrogen and oxygen atoms in total. The van der Waals surface area contributed by atoms with Crippen LogP contribution in [0.5, 0.6) is 5.75 Å². The van der Waals surface area contributed by atoms with Crippen LogP contribution in [-0.4, -0.2) is 61.3 Å². The number of furan rings is 1. The topological polar surface area (TPSA) is 85.6 Å². The Labute approximate surface area is 225 Å². The molecule has 0 saturated carbocycles. The quantitative estimate of drug-likeness (QED) is 0.217. The van der Waals surface area contributed by atoms with E-state index in [0.717, 1.165) is 58.7 Å². The fourth-order valence-corrected chi connectivity index (χ4v) is 5.41. The summed E-state index contributed by atoms with van der Waals surface area (Å²) in [6, 6.07) is 17.8. The Kier molecular flexibility index (Phi) is 7.59. The Morgan fingerprint density at radius 1 is 1.00 bits per heavy atom. The monoisotopic (exact) mass is 529 g/mol. The molecule has 0 aliphatic carbocycles. The summed E-state index contributed by atoms with van der Waals surface area (Å²) in [5.41, 5.74) is 3.63. The van der Waals surface area contributed by atoms with E-state index >= 15 is 0 Å². The molecule has 6 rings (SSSR count). The number of ether oxygens (including phenoxy) is 1. The molecule has 1 aliphatic heterocycles. The summed E-state index contributed by atoms with van der Waals surface area (Å²) >= 11 is 1.83. The first-order valence-electron chi connectivity index (χ1n) is 13.0. The van der Waals surface area contributed by atoms with Gasteiger partial charge in [0, 0.05) is 36.3 Å². The molecule has 1 saturated heterocycles. The van der Waals surface area contributed by atoms with Crippen LogP contribution in [0.15, 0.2) is 77.7 Å². The van der Waals surface area contributed by atoms with E-state index in [4.69, 9.17) is 14.3 Å². The highest BCUT2D eigenvalue weighted by Gasteiger charge is 2.12. The van der Waals surface area contributed by atoms with Gasteiger partial charge in [-0.3, -0.25) is 9.58 Å². The number of nitrogens with zero attached hydrogens (tertiary/aromatic N) is 6. The van der Waals surface area contributed by atoms with Crippen LogP contribution < -0.4 is 10.1 Å². The van der Waals surface area contributed by atoms with Crippen molar-refractivity contribution in [2.24, 2.45) is 0 Å². The number of pyridine rings is 1. The fourth-order valence-electron chi connectivity index (χ4n) is 4.58. The first kappa shape index (κ1) is 24.6. The number of nitrogens with one attached hydrogen (secondary N) is 1. The third-order valence-corrected chi connectivity index (χ3v) is 7.52. The second-order valence-corrected chi connectivity index (χ2v) is 10.4. The summed E-state index contributed by atoms with van der Waals surface area (Å²) in [6.07, 6.45) is 8.25. The number of thioether (sulfide) groups is 1. The molecular weight excluding hydrogens is 498 g/mol. The van der Waals surface area contributed by atoms with Crippen molar-refractivity contribution < 1.29 is 9.15 Å². The van der Waals surface area contributed by atoms with Crippen LogP contribution in [0.3, 0.4) is 0 Å². The van der Waals surface area contributed by atoms with Gasteiger partial charge in [-0.2, -0.15) is 21.8 Å². The van der Waals surface area contributed by atoms with Crippen molar-refractivity contribution in [3.05, 3.63) is 79.0 Å². The highest BCUT2D eigenvalue weighted by atomic mass is 32.2. The van der Waals surface area contributed by atoms with Crippen LogP contribution in [0.2, 0.25) is 0 Å². The lowest BCUT2D eigenvalue weighted by molar-refractivity contribution is 0.238. The molecule has 1 N–H and O–H groups in total. The first-order chi connectivity index (χ1) is 18.8. The van der Waals surface area contributed by atoms with Crippen molar-refractivity contribution in [2.45, 2.75) is 25.1 Å². The van der Waals surface area contributed by atoms with Crippen LogP contribution in [-0.2, 0) is 12.3 Å². The lowest BCUT2D eigenvalue weighted by Gasteiger charge is -2.15. The second-order valence-electron chi connectivity index (χ2n) is 9.29. The maximum atomic E-state index is 5.92. The van der Waals surface area contributed by atoms with E-state index in [9.17, 15) is 0 Å². The molecule has 10 heteroatoms. The summed E-state index contributed by atoms with van der Waals surface area (Å²) in [5, 5.41) is 12.6. The average molecular weight is 530 g/mol. The van der Waals surface area contributed by atoms with Gasteiger partial charge in [-0.1, -0.05) is 6.07 Å². The first-order valence-corrected chi connectivity index (χ1v) is 14.2. The van der Waals surface area contributed by atoms with E-state index in [1.54, 1.807) is 6.26 Å². The van der Waals surface area contributed by atoms with E-state index in [0.29, 0.717) is 12.6 Å². The van der Waals surface area contributed by atoms with Crippen LogP contribution in [0.4, 0.5) is 11.6 Å². The predicted octanol–water partition coefficient (Wildman–Crippen LogP) is 5.34. The third kappa shape index (κ3) is 6.03. The van der Waals surface area contributed by atoms with Gasteiger partial charge in [-0.15, -0.1) is 5.10 Å². The molecule has 0 spiro atoms. The van der Waals surface area contributed by atoms with Gasteiger partial charge in [-0.25, -0.2) is 4.52 Å². The van der Waals surface area contributed by atoms with Gasteiger partial charge in [0.1, 0.15) is 18.1 Å². The minimum Gasteiger partial charge on any atom is -0.492 e. The number of benzene rings is 1. The minimum atomic E-state index is 0.543. The maximum Gasteiger partial charge on any atom is 0.247 e. The third-order valence-electron chi connectivity index (χ3n) is 6.56. The zero-order chi connectivity index (χ0) is 25.6. The second kappa shape index (κ2) is 11.7. The molecule has 196 valence electrons. The van der Waals surface area contributed by atoms with Gasteiger partial charge >= 0.3 is 0 Å². The molecule has 5 aromatic rings. The molecule has 0 bridgehead atoms. The molecule has 0 amide bonds. The Balaban J connectivity index is 1.06. The highest BCUT2D eigenvalue weighted by molar-refractivity contribution is 7.98. The van der Waals surface area contributed by atoms with E-state index < -0.39 is 0 Å². The molecule has 0 unspecified atom stereocenters. The number of likely N-dealkylation sites (tertiary alicyclic amines) is 1. The number of rotatable bonds is 12. The summed E-state index contributed by atoms with van der Waals surface area (Å²) in [7, 11) is 0. The zero-order valence-electron chi connectivity index (χ0n) is 21.2. The number of aryl methyl sites for hydroxylation is 1. The normalized spacial score (nSPS) is 13.9. The van der Waals surface area contributed by atoms with Crippen LogP contribution in [0.1, 0.15) is 18.6 Å². The van der Waals surface area contributed by atoms with Crippen molar-refractivity contribution >= 4 is 29.0 Å². The minimum absolute atomic E-state index is 0.543. The number of hydrogen-bond donors (Lipinski definition) is 1. The number of aromatic nitrogens is 5. The lowest BCUT2D eigenvalue weighted by Crippen LogP contribution is -2.25. The predicted molar refractivity (Wildman–Crippen MR) is 150 cm³/mol. The molecule has 5 heterocycles. The molecule has 1 aliphatic rings. The Morgan fingerprint density at radius 3 is 2.74 bits per heavy atom.